The van der Waals surface area contributed by atoms with Gasteiger partial charge in [0.15, 0.2) is 0 Å². The van der Waals surface area contributed by atoms with Gasteiger partial charge in [-0.05, 0) is 24.1 Å². The van der Waals surface area contributed by atoms with Gasteiger partial charge in [-0.2, -0.15) is 5.26 Å². The number of ether oxygens (including phenoxy) is 1. The van der Waals surface area contributed by atoms with Crippen molar-refractivity contribution in [3.63, 3.8) is 0 Å². The predicted octanol–water partition coefficient (Wildman–Crippen LogP) is 0.430. The third-order valence-electron chi connectivity index (χ3n) is 3.68. The van der Waals surface area contributed by atoms with E-state index in [1.807, 2.05) is 24.3 Å². The van der Waals surface area contributed by atoms with E-state index in [4.69, 9.17) is 10.00 Å². The molecule has 0 aromatic heterocycles. The monoisotopic (exact) mass is 243 g/mol. The number of hydrogen-bond donors (Lipinski definition) is 2. The SMILES string of the molecule is N#Cc1ccc(CC2NCC3CNCC2O3)cc1. The molecule has 3 rings (SSSR count). The molecule has 1 aromatic carbocycles. The summed E-state index contributed by atoms with van der Waals surface area (Å²) in [6.07, 6.45) is 1.53. The van der Waals surface area contributed by atoms with Crippen LogP contribution in [0.4, 0.5) is 0 Å². The van der Waals surface area contributed by atoms with Crippen molar-refractivity contribution in [2.24, 2.45) is 0 Å². The number of rotatable bonds is 2. The van der Waals surface area contributed by atoms with E-state index in [2.05, 4.69) is 16.7 Å². The minimum atomic E-state index is 0.258. The number of nitrogens with zero attached hydrogens (tertiary/aromatic N) is 1. The van der Waals surface area contributed by atoms with Crippen molar-refractivity contribution in [2.75, 3.05) is 19.6 Å². The van der Waals surface area contributed by atoms with Gasteiger partial charge in [0.2, 0.25) is 0 Å². The molecule has 3 atom stereocenters. The highest BCUT2D eigenvalue weighted by atomic mass is 16.5. The Labute approximate surface area is 107 Å². The fourth-order valence-corrected chi connectivity index (χ4v) is 2.67. The molecule has 94 valence electrons. The summed E-state index contributed by atoms with van der Waals surface area (Å²) in [4.78, 5) is 0. The largest absolute Gasteiger partial charge is 0.369 e. The first-order valence-corrected chi connectivity index (χ1v) is 6.44. The molecule has 0 amide bonds. The van der Waals surface area contributed by atoms with E-state index in [0.717, 1.165) is 26.1 Å². The fourth-order valence-electron chi connectivity index (χ4n) is 2.67. The second kappa shape index (κ2) is 5.07. The molecular formula is C14H17N3O. The summed E-state index contributed by atoms with van der Waals surface area (Å²) < 4.78 is 5.97. The molecule has 2 fully saturated rings. The van der Waals surface area contributed by atoms with Gasteiger partial charge in [0.1, 0.15) is 0 Å². The lowest BCUT2D eigenvalue weighted by Crippen LogP contribution is -2.62. The highest BCUT2D eigenvalue weighted by molar-refractivity contribution is 5.32. The van der Waals surface area contributed by atoms with Crippen LogP contribution >= 0.6 is 0 Å². The van der Waals surface area contributed by atoms with E-state index in [9.17, 15) is 0 Å². The molecule has 1 aromatic rings. The zero-order valence-corrected chi connectivity index (χ0v) is 10.2. The van der Waals surface area contributed by atoms with Crippen molar-refractivity contribution in [3.8, 4) is 6.07 Å². The number of nitriles is 1. The van der Waals surface area contributed by atoms with E-state index >= 15 is 0 Å². The predicted molar refractivity (Wildman–Crippen MR) is 68.2 cm³/mol. The van der Waals surface area contributed by atoms with Crippen LogP contribution < -0.4 is 10.6 Å². The molecular weight excluding hydrogens is 226 g/mol. The summed E-state index contributed by atoms with van der Waals surface area (Å²) in [6, 6.07) is 10.3. The Kier molecular flexibility index (Phi) is 3.28. The van der Waals surface area contributed by atoms with E-state index in [-0.39, 0.29) is 6.10 Å². The number of hydrogen-bond acceptors (Lipinski definition) is 4. The Morgan fingerprint density at radius 1 is 1.22 bits per heavy atom. The number of morpholine rings is 2. The van der Waals surface area contributed by atoms with Crippen LogP contribution in [0.2, 0.25) is 0 Å². The fraction of sp³-hybridized carbons (Fsp3) is 0.500. The lowest BCUT2D eigenvalue weighted by Gasteiger charge is -2.41. The summed E-state index contributed by atoms with van der Waals surface area (Å²) in [5.74, 6) is 0. The summed E-state index contributed by atoms with van der Waals surface area (Å²) in [6.45, 7) is 2.79. The zero-order valence-electron chi connectivity index (χ0n) is 10.2. The molecule has 2 aliphatic heterocycles. The quantitative estimate of drug-likeness (QED) is 0.791. The molecule has 2 N–H and O–H groups in total. The highest BCUT2D eigenvalue weighted by Gasteiger charge is 2.33. The normalized spacial score (nSPS) is 30.7. The molecule has 2 bridgehead atoms. The molecule has 2 aliphatic rings. The molecule has 18 heavy (non-hydrogen) atoms. The van der Waals surface area contributed by atoms with E-state index in [1.54, 1.807) is 0 Å². The van der Waals surface area contributed by atoms with Gasteiger partial charge in [0, 0.05) is 25.7 Å². The highest BCUT2D eigenvalue weighted by Crippen LogP contribution is 2.17. The van der Waals surface area contributed by atoms with Crippen LogP contribution in [-0.2, 0) is 11.2 Å². The van der Waals surface area contributed by atoms with Crippen molar-refractivity contribution in [1.29, 1.82) is 5.26 Å². The van der Waals surface area contributed by atoms with Gasteiger partial charge in [-0.3, -0.25) is 0 Å². The van der Waals surface area contributed by atoms with Gasteiger partial charge < -0.3 is 15.4 Å². The molecule has 4 nitrogen and oxygen atoms in total. The van der Waals surface area contributed by atoms with Crippen LogP contribution in [0, 0.1) is 11.3 Å². The van der Waals surface area contributed by atoms with Gasteiger partial charge in [0.25, 0.3) is 0 Å². The summed E-state index contributed by atoms with van der Waals surface area (Å²) in [5, 5.41) is 15.8. The van der Waals surface area contributed by atoms with Gasteiger partial charge in [-0.15, -0.1) is 0 Å². The Morgan fingerprint density at radius 2 is 2.06 bits per heavy atom. The van der Waals surface area contributed by atoms with Gasteiger partial charge in [-0.1, -0.05) is 12.1 Å². The number of nitrogens with one attached hydrogen (secondary N) is 2. The van der Waals surface area contributed by atoms with E-state index in [0.29, 0.717) is 17.7 Å². The first-order valence-electron chi connectivity index (χ1n) is 6.44. The Bertz CT molecular complexity index is 451. The molecule has 0 saturated carbocycles. The third-order valence-corrected chi connectivity index (χ3v) is 3.68. The molecule has 0 aliphatic carbocycles. The van der Waals surface area contributed by atoms with Crippen LogP contribution in [0.25, 0.3) is 0 Å². The second-order valence-corrected chi connectivity index (χ2v) is 4.98. The van der Waals surface area contributed by atoms with Gasteiger partial charge in [-0.25, -0.2) is 0 Å². The Morgan fingerprint density at radius 3 is 2.83 bits per heavy atom. The standard InChI is InChI=1S/C14H17N3O/c15-6-11-3-1-10(2-4-11)5-13-14-9-16-7-12(18-14)8-17-13/h1-4,12-14,16-17H,5,7-9H2. The van der Waals surface area contributed by atoms with Gasteiger partial charge in [0.05, 0.1) is 23.8 Å². The lowest BCUT2D eigenvalue weighted by atomic mass is 9.97. The van der Waals surface area contributed by atoms with Crippen LogP contribution in [0.1, 0.15) is 11.1 Å². The van der Waals surface area contributed by atoms with Crippen LogP contribution in [0.3, 0.4) is 0 Å². The lowest BCUT2D eigenvalue weighted by molar-refractivity contribution is -0.0825. The van der Waals surface area contributed by atoms with Crippen molar-refractivity contribution < 1.29 is 4.74 Å². The second-order valence-electron chi connectivity index (χ2n) is 4.98. The van der Waals surface area contributed by atoms with Crippen molar-refractivity contribution in [2.45, 2.75) is 24.7 Å². The minimum Gasteiger partial charge on any atom is -0.369 e. The third kappa shape index (κ3) is 2.39. The van der Waals surface area contributed by atoms with Crippen LogP contribution in [0.15, 0.2) is 24.3 Å². The minimum absolute atomic E-state index is 0.258. The molecule has 0 spiro atoms. The number of fused-ring (bicyclic) bond motifs is 2. The Hall–Kier alpha value is -1.41. The van der Waals surface area contributed by atoms with Crippen molar-refractivity contribution in [3.05, 3.63) is 35.4 Å². The Balaban J connectivity index is 1.66. The molecule has 4 heteroatoms. The van der Waals surface area contributed by atoms with E-state index in [1.165, 1.54) is 5.56 Å². The molecule has 0 radical (unpaired) electrons. The average Bonchev–Trinajstić information content (AvgIpc) is 2.43. The average molecular weight is 243 g/mol. The van der Waals surface area contributed by atoms with Crippen molar-refractivity contribution in [1.82, 2.24) is 10.6 Å². The maximum absolute atomic E-state index is 8.78. The maximum Gasteiger partial charge on any atom is 0.0991 e. The zero-order chi connectivity index (χ0) is 12.4. The first kappa shape index (κ1) is 11.7. The van der Waals surface area contributed by atoms with E-state index < -0.39 is 0 Å². The van der Waals surface area contributed by atoms with Crippen molar-refractivity contribution >= 4 is 0 Å². The molecule has 3 unspecified atom stereocenters. The molecule has 2 saturated heterocycles. The summed E-state index contributed by atoms with van der Waals surface area (Å²) in [5.41, 5.74) is 1.96. The first-order chi connectivity index (χ1) is 8.85. The van der Waals surface area contributed by atoms with Crippen LogP contribution in [0.5, 0.6) is 0 Å². The number of benzene rings is 1. The van der Waals surface area contributed by atoms with Gasteiger partial charge >= 0.3 is 0 Å². The summed E-state index contributed by atoms with van der Waals surface area (Å²) in [7, 11) is 0. The maximum atomic E-state index is 8.78. The molecule has 2 heterocycles. The summed E-state index contributed by atoms with van der Waals surface area (Å²) >= 11 is 0. The van der Waals surface area contributed by atoms with Crippen LogP contribution in [-0.4, -0.2) is 37.9 Å². The smallest absolute Gasteiger partial charge is 0.0991 e. The topological polar surface area (TPSA) is 57.1 Å².